The van der Waals surface area contributed by atoms with Gasteiger partial charge in [-0.05, 0) is 24.3 Å². The number of carbonyl (C=O) groups is 2. The second kappa shape index (κ2) is 5.27. The molecule has 0 aromatic carbocycles. The maximum atomic E-state index is 11.5. The highest BCUT2D eigenvalue weighted by Crippen LogP contribution is 2.40. The van der Waals surface area contributed by atoms with Gasteiger partial charge in [0.05, 0.1) is 6.42 Å². The van der Waals surface area contributed by atoms with Gasteiger partial charge < -0.3 is 10.8 Å². The molecule has 0 unspecified atom stereocenters. The molecule has 0 aliphatic rings. The molecule has 0 aliphatic carbocycles. The summed E-state index contributed by atoms with van der Waals surface area (Å²) in [4.78, 5) is 29.2. The Morgan fingerprint density at radius 1 is 1.24 bits per heavy atom. The zero-order valence-corrected chi connectivity index (χ0v) is 12.3. The summed E-state index contributed by atoms with van der Waals surface area (Å²) in [7, 11) is 0. The Morgan fingerprint density at radius 2 is 2.05 bits per heavy atom. The summed E-state index contributed by atoms with van der Waals surface area (Å²) in [5, 5.41) is 10.2. The van der Waals surface area contributed by atoms with Crippen molar-refractivity contribution in [1.29, 1.82) is 0 Å². The van der Waals surface area contributed by atoms with Gasteiger partial charge in [0.1, 0.15) is 9.71 Å². The van der Waals surface area contributed by atoms with Crippen molar-refractivity contribution in [2.45, 2.75) is 6.42 Å². The highest BCUT2D eigenvalue weighted by Gasteiger charge is 2.21. The molecule has 0 aliphatic heterocycles. The molecule has 3 rings (SSSR count). The number of carbonyl (C=O) groups excluding carboxylic acids is 1. The van der Waals surface area contributed by atoms with E-state index in [0.29, 0.717) is 10.4 Å². The normalized spacial score (nSPS) is 10.9. The number of pyridine rings is 1. The number of primary amides is 1. The lowest BCUT2D eigenvalue weighted by molar-refractivity contribution is -0.117. The number of thiophene rings is 2. The van der Waals surface area contributed by atoms with Crippen LogP contribution in [0.4, 0.5) is 0 Å². The van der Waals surface area contributed by atoms with Gasteiger partial charge in [-0.25, -0.2) is 9.78 Å². The minimum Gasteiger partial charge on any atom is -0.477 e. The molecule has 0 radical (unpaired) electrons. The summed E-state index contributed by atoms with van der Waals surface area (Å²) in [5.74, 6) is -1.38. The molecule has 0 spiro atoms. The van der Waals surface area contributed by atoms with Gasteiger partial charge in [0.25, 0.3) is 0 Å². The van der Waals surface area contributed by atoms with Crippen LogP contribution in [0.15, 0.2) is 30.5 Å². The standard InChI is InChI=1S/C14H10N2O3S2/c15-10(17)6-7-3-4-9(20-7)11-8-2-1-5-16-13(8)21-12(11)14(18)19/h1-5H,6H2,(H2,15,17)(H,18,19). The summed E-state index contributed by atoms with van der Waals surface area (Å²) in [6, 6.07) is 7.26. The molecule has 3 aromatic heterocycles. The van der Waals surface area contributed by atoms with Crippen molar-refractivity contribution in [1.82, 2.24) is 4.98 Å². The van der Waals surface area contributed by atoms with Crippen molar-refractivity contribution in [3.05, 3.63) is 40.2 Å². The Kier molecular flexibility index (Phi) is 3.44. The average molecular weight is 318 g/mol. The van der Waals surface area contributed by atoms with Gasteiger partial charge in [-0.2, -0.15) is 0 Å². The third kappa shape index (κ3) is 2.53. The topological polar surface area (TPSA) is 93.3 Å². The van der Waals surface area contributed by atoms with Gasteiger partial charge in [0.15, 0.2) is 0 Å². The smallest absolute Gasteiger partial charge is 0.346 e. The Labute approximate surface area is 127 Å². The van der Waals surface area contributed by atoms with Crippen LogP contribution in [0.5, 0.6) is 0 Å². The highest BCUT2D eigenvalue weighted by molar-refractivity contribution is 7.22. The van der Waals surface area contributed by atoms with Gasteiger partial charge >= 0.3 is 5.97 Å². The van der Waals surface area contributed by atoms with E-state index in [9.17, 15) is 14.7 Å². The molecule has 21 heavy (non-hydrogen) atoms. The molecular formula is C14H10N2O3S2. The van der Waals surface area contributed by atoms with Crippen LogP contribution in [-0.4, -0.2) is 22.0 Å². The van der Waals surface area contributed by atoms with E-state index in [1.54, 1.807) is 18.3 Å². The van der Waals surface area contributed by atoms with Crippen molar-refractivity contribution in [3.63, 3.8) is 0 Å². The van der Waals surface area contributed by atoms with E-state index in [-0.39, 0.29) is 11.3 Å². The lowest BCUT2D eigenvalue weighted by atomic mass is 10.1. The quantitative estimate of drug-likeness (QED) is 0.773. The van der Waals surface area contributed by atoms with E-state index in [4.69, 9.17) is 5.73 Å². The van der Waals surface area contributed by atoms with Gasteiger partial charge in [-0.1, -0.05) is 0 Å². The number of nitrogens with two attached hydrogens (primary N) is 1. The Balaban J connectivity index is 2.18. The molecule has 0 saturated heterocycles. The van der Waals surface area contributed by atoms with Gasteiger partial charge in [-0.15, -0.1) is 22.7 Å². The average Bonchev–Trinajstić information content (AvgIpc) is 3.01. The predicted octanol–water partition coefficient (Wildman–Crippen LogP) is 2.75. The fourth-order valence-electron chi connectivity index (χ4n) is 2.11. The minimum atomic E-state index is -0.974. The molecule has 3 aromatic rings. The number of carboxylic acid groups (broad SMARTS) is 1. The molecule has 0 bridgehead atoms. The maximum Gasteiger partial charge on any atom is 0.346 e. The first-order valence-corrected chi connectivity index (χ1v) is 7.67. The van der Waals surface area contributed by atoms with E-state index in [2.05, 4.69) is 4.98 Å². The molecule has 0 fully saturated rings. The van der Waals surface area contributed by atoms with Gasteiger partial charge in [-0.3, -0.25) is 4.79 Å². The van der Waals surface area contributed by atoms with Crippen LogP contribution < -0.4 is 5.73 Å². The number of hydrogen-bond acceptors (Lipinski definition) is 5. The first kappa shape index (κ1) is 13.7. The van der Waals surface area contributed by atoms with Crippen LogP contribution in [0.25, 0.3) is 20.7 Å². The fourth-order valence-corrected chi connectivity index (χ4v) is 4.25. The van der Waals surface area contributed by atoms with Crippen molar-refractivity contribution in [3.8, 4) is 10.4 Å². The number of aromatic carboxylic acids is 1. The maximum absolute atomic E-state index is 11.5. The van der Waals surface area contributed by atoms with Crippen LogP contribution in [0.1, 0.15) is 14.5 Å². The Bertz CT molecular complexity index is 851. The summed E-state index contributed by atoms with van der Waals surface area (Å²) < 4.78 is 0. The molecule has 5 nitrogen and oxygen atoms in total. The largest absolute Gasteiger partial charge is 0.477 e. The van der Waals surface area contributed by atoms with Crippen LogP contribution in [0, 0.1) is 0 Å². The monoisotopic (exact) mass is 318 g/mol. The van der Waals surface area contributed by atoms with E-state index in [1.807, 2.05) is 12.1 Å². The highest BCUT2D eigenvalue weighted by atomic mass is 32.1. The Morgan fingerprint density at radius 3 is 2.76 bits per heavy atom. The van der Waals surface area contributed by atoms with E-state index < -0.39 is 11.9 Å². The van der Waals surface area contributed by atoms with E-state index in [1.165, 1.54) is 11.3 Å². The second-order valence-electron chi connectivity index (χ2n) is 4.38. The number of nitrogens with zero attached hydrogens (tertiary/aromatic N) is 1. The summed E-state index contributed by atoms with van der Waals surface area (Å²) >= 11 is 2.53. The molecule has 106 valence electrons. The van der Waals surface area contributed by atoms with Crippen LogP contribution >= 0.6 is 22.7 Å². The lowest BCUT2D eigenvalue weighted by Crippen LogP contribution is -2.12. The molecule has 1 amide bonds. The number of carboxylic acids is 1. The van der Waals surface area contributed by atoms with E-state index >= 15 is 0 Å². The molecular weight excluding hydrogens is 308 g/mol. The molecule has 0 saturated carbocycles. The zero-order valence-electron chi connectivity index (χ0n) is 10.7. The Hall–Kier alpha value is -2.25. The molecule has 7 heteroatoms. The van der Waals surface area contributed by atoms with Crippen LogP contribution in [-0.2, 0) is 11.2 Å². The summed E-state index contributed by atoms with van der Waals surface area (Å²) in [6.45, 7) is 0. The van der Waals surface area contributed by atoms with Crippen molar-refractivity contribution < 1.29 is 14.7 Å². The van der Waals surface area contributed by atoms with Crippen molar-refractivity contribution >= 4 is 44.8 Å². The fraction of sp³-hybridized carbons (Fsp3) is 0.0714. The predicted molar refractivity (Wildman–Crippen MR) is 82.8 cm³/mol. The van der Waals surface area contributed by atoms with Gasteiger partial charge in [0, 0.05) is 26.9 Å². The first-order chi connectivity index (χ1) is 10.1. The van der Waals surface area contributed by atoms with Gasteiger partial charge in [0.2, 0.25) is 5.91 Å². The van der Waals surface area contributed by atoms with E-state index in [0.717, 1.165) is 26.5 Å². The molecule has 0 atom stereocenters. The number of rotatable bonds is 4. The van der Waals surface area contributed by atoms with Crippen LogP contribution in [0.2, 0.25) is 0 Å². The number of hydrogen-bond donors (Lipinski definition) is 2. The molecule has 3 heterocycles. The summed E-state index contributed by atoms with van der Waals surface area (Å²) in [5.41, 5.74) is 5.85. The van der Waals surface area contributed by atoms with Crippen LogP contribution in [0.3, 0.4) is 0 Å². The minimum absolute atomic E-state index is 0.160. The number of fused-ring (bicyclic) bond motifs is 1. The SMILES string of the molecule is NC(=O)Cc1ccc(-c2c(C(=O)O)sc3ncccc23)s1. The second-order valence-corrected chi connectivity index (χ2v) is 6.54. The third-order valence-corrected chi connectivity index (χ3v) is 5.12. The summed E-state index contributed by atoms with van der Waals surface area (Å²) in [6.07, 6.45) is 1.80. The number of aromatic nitrogens is 1. The molecule has 3 N–H and O–H groups in total. The first-order valence-electron chi connectivity index (χ1n) is 6.04. The van der Waals surface area contributed by atoms with Crippen molar-refractivity contribution in [2.75, 3.05) is 0 Å². The lowest BCUT2D eigenvalue weighted by Gasteiger charge is -1.98. The third-order valence-electron chi connectivity index (χ3n) is 2.92. The van der Waals surface area contributed by atoms with Crippen molar-refractivity contribution in [2.24, 2.45) is 5.73 Å². The number of amides is 1. The zero-order chi connectivity index (χ0) is 15.0.